The minimum atomic E-state index is -0.258. The average molecular weight is 367 g/mol. The number of amides is 2. The normalized spacial score (nSPS) is 10.0. The van der Waals surface area contributed by atoms with E-state index >= 15 is 0 Å². The predicted molar refractivity (Wildman–Crippen MR) is 104 cm³/mol. The van der Waals surface area contributed by atoms with Crippen molar-refractivity contribution in [2.75, 3.05) is 18.8 Å². The first kappa shape index (κ1) is 19.5. The smallest absolute Gasteiger partial charge is 0.251 e. The van der Waals surface area contributed by atoms with E-state index in [0.29, 0.717) is 17.7 Å². The summed E-state index contributed by atoms with van der Waals surface area (Å²) in [5.74, 6) is 0.983. The molecule has 0 heterocycles. The summed E-state index contributed by atoms with van der Waals surface area (Å²) in [6, 6.07) is 16.9. The molecule has 0 radical (unpaired) electrons. The Morgan fingerprint density at radius 2 is 1.92 bits per heavy atom. The minimum absolute atomic E-state index is 0.0469. The van der Waals surface area contributed by atoms with Crippen LogP contribution in [0.3, 0.4) is 0 Å². The van der Waals surface area contributed by atoms with Gasteiger partial charge in [-0.25, -0.2) is 0 Å². The monoisotopic (exact) mass is 367 g/mol. The summed E-state index contributed by atoms with van der Waals surface area (Å²) in [6.07, 6.45) is 0. The third kappa shape index (κ3) is 6.26. The quantitative estimate of drug-likeness (QED) is 0.703. The molecule has 26 heavy (non-hydrogen) atoms. The lowest BCUT2D eigenvalue weighted by Crippen LogP contribution is -2.37. The van der Waals surface area contributed by atoms with E-state index in [1.54, 1.807) is 30.0 Å². The van der Waals surface area contributed by atoms with Gasteiger partial charge in [-0.15, -0.1) is 0 Å². The average Bonchev–Trinajstić information content (AvgIpc) is 2.66. The van der Waals surface area contributed by atoms with Crippen molar-refractivity contribution in [3.05, 3.63) is 70.8 Å². The van der Waals surface area contributed by atoms with Crippen molar-refractivity contribution in [2.45, 2.75) is 12.7 Å². The fourth-order valence-electron chi connectivity index (χ4n) is 2.31. The van der Waals surface area contributed by atoms with Gasteiger partial charge in [-0.1, -0.05) is 35.9 Å². The molecule has 134 valence electrons. The predicted octanol–water partition coefficient (Wildman–Crippen LogP) is 2.65. The summed E-state index contributed by atoms with van der Waals surface area (Å²) < 4.78 is 0. The molecule has 2 aromatic rings. The highest BCUT2D eigenvalue weighted by atomic mass is 32.2. The maximum Gasteiger partial charge on any atom is 0.251 e. The van der Waals surface area contributed by atoms with Gasteiger partial charge in [0.25, 0.3) is 5.91 Å². The highest BCUT2D eigenvalue weighted by Gasteiger charge is 2.08. The van der Waals surface area contributed by atoms with Crippen LogP contribution < -0.4 is 10.6 Å². The second kappa shape index (κ2) is 10.3. The van der Waals surface area contributed by atoms with Gasteiger partial charge in [-0.2, -0.15) is 17.0 Å². The summed E-state index contributed by atoms with van der Waals surface area (Å²) in [7, 11) is 0. The first-order valence-electron chi connectivity index (χ1n) is 8.27. The Balaban J connectivity index is 1.63. The van der Waals surface area contributed by atoms with Gasteiger partial charge in [0, 0.05) is 23.6 Å². The number of rotatable bonds is 8. The molecule has 0 fully saturated rings. The number of nitrogens with one attached hydrogen (secondary N) is 2. The summed E-state index contributed by atoms with van der Waals surface area (Å²) >= 11 is 1.65. The topological polar surface area (TPSA) is 82.0 Å². The second-order valence-corrected chi connectivity index (χ2v) is 6.83. The van der Waals surface area contributed by atoms with Crippen LogP contribution in [0.15, 0.2) is 48.5 Å². The van der Waals surface area contributed by atoms with E-state index in [-0.39, 0.29) is 18.4 Å². The zero-order valence-electron chi connectivity index (χ0n) is 14.6. The Kier molecular flexibility index (Phi) is 7.72. The zero-order valence-corrected chi connectivity index (χ0v) is 15.4. The number of benzene rings is 2. The number of hydrogen-bond acceptors (Lipinski definition) is 4. The third-order valence-electron chi connectivity index (χ3n) is 3.65. The van der Waals surface area contributed by atoms with Gasteiger partial charge in [-0.05, 0) is 30.7 Å². The van der Waals surface area contributed by atoms with Gasteiger partial charge in [0.15, 0.2) is 0 Å². The molecule has 5 nitrogen and oxygen atoms in total. The minimum Gasteiger partial charge on any atom is -0.354 e. The summed E-state index contributed by atoms with van der Waals surface area (Å²) in [5, 5.41) is 14.4. The Morgan fingerprint density at radius 3 is 2.69 bits per heavy atom. The molecule has 0 bridgehead atoms. The van der Waals surface area contributed by atoms with Crippen LogP contribution in [-0.2, 0) is 10.5 Å². The Hall–Kier alpha value is -2.78. The maximum atomic E-state index is 12.0. The van der Waals surface area contributed by atoms with Gasteiger partial charge in [0.2, 0.25) is 5.91 Å². The van der Waals surface area contributed by atoms with Crippen molar-refractivity contribution >= 4 is 23.6 Å². The summed E-state index contributed by atoms with van der Waals surface area (Å²) in [5.41, 5.74) is 3.22. The van der Waals surface area contributed by atoms with Crippen LogP contribution in [0.5, 0.6) is 0 Å². The number of hydrogen-bond donors (Lipinski definition) is 2. The number of thioether (sulfide) groups is 1. The Bertz CT molecular complexity index is 815. The lowest BCUT2D eigenvalue weighted by molar-refractivity contribution is -0.120. The van der Waals surface area contributed by atoms with Crippen molar-refractivity contribution in [2.24, 2.45) is 0 Å². The van der Waals surface area contributed by atoms with E-state index in [9.17, 15) is 9.59 Å². The second-order valence-electron chi connectivity index (χ2n) is 5.72. The molecular weight excluding hydrogens is 346 g/mol. The first-order chi connectivity index (χ1) is 12.6. The molecule has 0 saturated heterocycles. The standard InChI is InChI=1S/C20H21N3O2S/c1-15-5-4-8-16(11-15)20(25)23-13-19(24)22-9-10-26-14-18-7-3-2-6-17(18)12-21/h2-8,11H,9-10,13-14H2,1H3,(H,22,24)(H,23,25). The lowest BCUT2D eigenvalue weighted by Gasteiger charge is -2.08. The molecular formula is C20H21N3O2S. The summed E-state index contributed by atoms with van der Waals surface area (Å²) in [4.78, 5) is 23.8. The van der Waals surface area contributed by atoms with E-state index in [2.05, 4.69) is 16.7 Å². The number of nitrogens with zero attached hydrogens (tertiary/aromatic N) is 1. The third-order valence-corrected chi connectivity index (χ3v) is 4.66. The largest absolute Gasteiger partial charge is 0.354 e. The summed E-state index contributed by atoms with van der Waals surface area (Å²) in [6.45, 7) is 2.38. The van der Waals surface area contributed by atoms with Gasteiger partial charge < -0.3 is 10.6 Å². The van der Waals surface area contributed by atoms with Crippen LogP contribution in [0, 0.1) is 18.3 Å². The van der Waals surface area contributed by atoms with Gasteiger partial charge >= 0.3 is 0 Å². The van der Waals surface area contributed by atoms with Crippen molar-refractivity contribution in [3.8, 4) is 6.07 Å². The van der Waals surface area contributed by atoms with E-state index in [4.69, 9.17) is 5.26 Å². The van der Waals surface area contributed by atoms with Crippen LogP contribution in [0.1, 0.15) is 27.0 Å². The van der Waals surface area contributed by atoms with E-state index in [0.717, 1.165) is 22.6 Å². The first-order valence-corrected chi connectivity index (χ1v) is 9.43. The molecule has 2 N–H and O–H groups in total. The lowest BCUT2D eigenvalue weighted by atomic mass is 10.1. The molecule has 0 aliphatic carbocycles. The Labute approximate surface area is 157 Å². The molecule has 0 aliphatic rings. The van der Waals surface area contributed by atoms with Crippen molar-refractivity contribution in [3.63, 3.8) is 0 Å². The van der Waals surface area contributed by atoms with Crippen molar-refractivity contribution < 1.29 is 9.59 Å². The van der Waals surface area contributed by atoms with Gasteiger partial charge in [-0.3, -0.25) is 9.59 Å². The number of nitriles is 1. The van der Waals surface area contributed by atoms with Crippen LogP contribution >= 0.6 is 11.8 Å². The zero-order chi connectivity index (χ0) is 18.8. The number of aryl methyl sites for hydroxylation is 1. The van der Waals surface area contributed by atoms with Crippen molar-refractivity contribution in [1.82, 2.24) is 10.6 Å². The fourth-order valence-corrected chi connectivity index (χ4v) is 3.17. The maximum absolute atomic E-state index is 12.0. The van der Waals surface area contributed by atoms with Crippen LogP contribution in [-0.4, -0.2) is 30.7 Å². The molecule has 2 rings (SSSR count). The molecule has 0 aliphatic heterocycles. The number of carbonyl (C=O) groups is 2. The van der Waals surface area contributed by atoms with E-state index in [1.165, 1.54) is 0 Å². The van der Waals surface area contributed by atoms with Crippen molar-refractivity contribution in [1.29, 1.82) is 5.26 Å². The van der Waals surface area contributed by atoms with Gasteiger partial charge in [0.05, 0.1) is 18.2 Å². The molecule has 0 spiro atoms. The Morgan fingerprint density at radius 1 is 1.12 bits per heavy atom. The van der Waals surface area contributed by atoms with E-state index < -0.39 is 0 Å². The van der Waals surface area contributed by atoms with Crippen LogP contribution in [0.2, 0.25) is 0 Å². The number of carbonyl (C=O) groups excluding carboxylic acids is 2. The van der Waals surface area contributed by atoms with Crippen LogP contribution in [0.4, 0.5) is 0 Å². The SMILES string of the molecule is Cc1cccc(C(=O)NCC(=O)NCCSCc2ccccc2C#N)c1. The van der Waals surface area contributed by atoms with Crippen LogP contribution in [0.25, 0.3) is 0 Å². The molecule has 0 saturated carbocycles. The highest BCUT2D eigenvalue weighted by Crippen LogP contribution is 2.15. The molecule has 2 amide bonds. The molecule has 0 aromatic heterocycles. The fraction of sp³-hybridized carbons (Fsp3) is 0.250. The highest BCUT2D eigenvalue weighted by molar-refractivity contribution is 7.98. The molecule has 6 heteroatoms. The molecule has 0 unspecified atom stereocenters. The van der Waals surface area contributed by atoms with Gasteiger partial charge in [0.1, 0.15) is 0 Å². The molecule has 0 atom stereocenters. The molecule has 2 aromatic carbocycles. The van der Waals surface area contributed by atoms with E-state index in [1.807, 2.05) is 37.3 Å².